The van der Waals surface area contributed by atoms with Crippen LogP contribution in [0.2, 0.25) is 5.02 Å². The lowest BCUT2D eigenvalue weighted by Crippen LogP contribution is -2.24. The van der Waals surface area contributed by atoms with E-state index in [9.17, 15) is 4.79 Å². The first-order valence-corrected chi connectivity index (χ1v) is 6.98. The number of amides is 1. The zero-order valence-electron chi connectivity index (χ0n) is 11.7. The lowest BCUT2D eigenvalue weighted by Gasteiger charge is -2.06. The van der Waals surface area contributed by atoms with Crippen LogP contribution in [0.1, 0.15) is 33.6 Å². The van der Waals surface area contributed by atoms with Gasteiger partial charge in [-0.3, -0.25) is 9.89 Å². The number of rotatable bonds is 5. The molecule has 0 unspecified atom stereocenters. The second-order valence-electron chi connectivity index (χ2n) is 4.90. The molecule has 0 atom stereocenters. The van der Waals surface area contributed by atoms with E-state index >= 15 is 0 Å². The molecule has 0 spiro atoms. The Morgan fingerprint density at radius 1 is 1.35 bits per heavy atom. The number of hydrogen-bond acceptors (Lipinski definition) is 2. The van der Waals surface area contributed by atoms with Gasteiger partial charge >= 0.3 is 0 Å². The van der Waals surface area contributed by atoms with Crippen LogP contribution < -0.4 is 5.32 Å². The smallest absolute Gasteiger partial charge is 0.251 e. The van der Waals surface area contributed by atoms with Gasteiger partial charge in [0.15, 0.2) is 0 Å². The van der Waals surface area contributed by atoms with Crippen molar-refractivity contribution in [2.45, 2.75) is 26.7 Å². The highest BCUT2D eigenvalue weighted by molar-refractivity contribution is 6.31. The van der Waals surface area contributed by atoms with Gasteiger partial charge in [-0.2, -0.15) is 5.10 Å². The van der Waals surface area contributed by atoms with Crippen molar-refractivity contribution in [1.82, 2.24) is 15.5 Å². The number of carbonyl (C=O) groups excluding carboxylic acids is 1. The number of benzene rings is 1. The Balaban J connectivity index is 1.82. The number of aryl methyl sites for hydroxylation is 3. The zero-order chi connectivity index (χ0) is 14.5. The third-order valence-electron chi connectivity index (χ3n) is 3.15. The molecule has 0 fully saturated rings. The largest absolute Gasteiger partial charge is 0.352 e. The van der Waals surface area contributed by atoms with Gasteiger partial charge in [0.1, 0.15) is 0 Å². The van der Waals surface area contributed by atoms with E-state index in [1.807, 2.05) is 32.2 Å². The summed E-state index contributed by atoms with van der Waals surface area (Å²) in [6.07, 6.45) is 3.61. The van der Waals surface area contributed by atoms with Crippen molar-refractivity contribution < 1.29 is 4.79 Å². The third kappa shape index (κ3) is 3.84. The minimum absolute atomic E-state index is 0.0838. The quantitative estimate of drug-likeness (QED) is 0.832. The topological polar surface area (TPSA) is 57.8 Å². The summed E-state index contributed by atoms with van der Waals surface area (Å²) in [5, 5.41) is 10.4. The molecular formula is C15H18ClN3O. The van der Waals surface area contributed by atoms with Gasteiger partial charge in [0, 0.05) is 22.8 Å². The molecule has 1 aromatic heterocycles. The SMILES string of the molecule is Cc1cc(Cl)cc(C(=O)NCCCc2cn[nH]c2C)c1. The van der Waals surface area contributed by atoms with Crippen molar-refractivity contribution >= 4 is 17.5 Å². The molecule has 1 heterocycles. The standard InChI is InChI=1S/C15H18ClN3O/c1-10-6-13(8-14(16)7-10)15(20)17-5-3-4-12-9-18-19-11(12)2/h6-9H,3-5H2,1-2H3,(H,17,20)(H,18,19). The van der Waals surface area contributed by atoms with Crippen LogP contribution in [0.25, 0.3) is 0 Å². The fourth-order valence-corrected chi connectivity index (χ4v) is 2.37. The van der Waals surface area contributed by atoms with Gasteiger partial charge < -0.3 is 5.32 Å². The van der Waals surface area contributed by atoms with E-state index in [0.29, 0.717) is 17.1 Å². The number of nitrogens with one attached hydrogen (secondary N) is 2. The van der Waals surface area contributed by atoms with Crippen molar-refractivity contribution in [3.63, 3.8) is 0 Å². The summed E-state index contributed by atoms with van der Waals surface area (Å²) in [6, 6.07) is 5.35. The summed E-state index contributed by atoms with van der Waals surface area (Å²) in [4.78, 5) is 12.0. The van der Waals surface area contributed by atoms with E-state index in [1.54, 1.807) is 6.07 Å². The van der Waals surface area contributed by atoms with Crippen molar-refractivity contribution in [2.75, 3.05) is 6.54 Å². The molecule has 106 valence electrons. The molecule has 0 saturated carbocycles. The molecule has 0 aliphatic heterocycles. The summed E-state index contributed by atoms with van der Waals surface area (Å²) in [6.45, 7) is 4.55. The summed E-state index contributed by atoms with van der Waals surface area (Å²) in [7, 11) is 0. The highest BCUT2D eigenvalue weighted by atomic mass is 35.5. The molecule has 4 nitrogen and oxygen atoms in total. The molecule has 2 N–H and O–H groups in total. The fraction of sp³-hybridized carbons (Fsp3) is 0.333. The minimum Gasteiger partial charge on any atom is -0.352 e. The van der Waals surface area contributed by atoms with Gasteiger partial charge in [0.05, 0.1) is 6.20 Å². The van der Waals surface area contributed by atoms with Gasteiger partial charge in [0.25, 0.3) is 5.91 Å². The molecule has 0 aliphatic rings. The first kappa shape index (κ1) is 14.6. The van der Waals surface area contributed by atoms with E-state index in [1.165, 1.54) is 5.56 Å². The maximum atomic E-state index is 12.0. The summed E-state index contributed by atoms with van der Waals surface area (Å²) < 4.78 is 0. The molecule has 0 radical (unpaired) electrons. The molecular weight excluding hydrogens is 274 g/mol. The lowest BCUT2D eigenvalue weighted by molar-refractivity contribution is 0.0953. The predicted octanol–water partition coefficient (Wildman–Crippen LogP) is 3.04. The Kier molecular flexibility index (Phi) is 4.79. The van der Waals surface area contributed by atoms with Crippen LogP contribution in [0.15, 0.2) is 24.4 Å². The van der Waals surface area contributed by atoms with Crippen LogP contribution in [0.4, 0.5) is 0 Å². The number of H-pyrrole nitrogens is 1. The lowest BCUT2D eigenvalue weighted by atomic mass is 10.1. The highest BCUT2D eigenvalue weighted by Crippen LogP contribution is 2.14. The van der Waals surface area contributed by atoms with Crippen LogP contribution in [0.3, 0.4) is 0 Å². The van der Waals surface area contributed by atoms with Crippen molar-refractivity contribution in [2.24, 2.45) is 0 Å². The van der Waals surface area contributed by atoms with E-state index in [4.69, 9.17) is 11.6 Å². The Morgan fingerprint density at radius 3 is 2.80 bits per heavy atom. The number of hydrogen-bond donors (Lipinski definition) is 2. The minimum atomic E-state index is -0.0838. The van der Waals surface area contributed by atoms with Crippen molar-refractivity contribution in [3.8, 4) is 0 Å². The predicted molar refractivity (Wildman–Crippen MR) is 80.2 cm³/mol. The number of halogens is 1. The van der Waals surface area contributed by atoms with E-state index in [0.717, 1.165) is 24.1 Å². The monoisotopic (exact) mass is 291 g/mol. The van der Waals surface area contributed by atoms with Crippen molar-refractivity contribution in [1.29, 1.82) is 0 Å². The average Bonchev–Trinajstić information content (AvgIpc) is 2.79. The third-order valence-corrected chi connectivity index (χ3v) is 3.37. The first-order chi connectivity index (χ1) is 9.56. The molecule has 2 aromatic rings. The molecule has 0 aliphatic carbocycles. The van der Waals surface area contributed by atoms with E-state index < -0.39 is 0 Å². The molecule has 1 amide bonds. The number of nitrogens with zero attached hydrogens (tertiary/aromatic N) is 1. The number of aromatic nitrogens is 2. The Hall–Kier alpha value is -1.81. The molecule has 1 aromatic carbocycles. The van der Waals surface area contributed by atoms with Gasteiger partial charge in [-0.1, -0.05) is 11.6 Å². The van der Waals surface area contributed by atoms with Gasteiger partial charge in [-0.25, -0.2) is 0 Å². The second kappa shape index (κ2) is 6.57. The number of aromatic amines is 1. The van der Waals surface area contributed by atoms with Crippen LogP contribution in [0.5, 0.6) is 0 Å². The highest BCUT2D eigenvalue weighted by Gasteiger charge is 2.07. The van der Waals surface area contributed by atoms with E-state index in [-0.39, 0.29) is 5.91 Å². The number of carbonyl (C=O) groups is 1. The summed E-state index contributed by atoms with van der Waals surface area (Å²) in [5.41, 5.74) is 3.87. The van der Waals surface area contributed by atoms with Gasteiger partial charge in [0.2, 0.25) is 0 Å². The zero-order valence-corrected chi connectivity index (χ0v) is 12.4. The Morgan fingerprint density at radius 2 is 2.15 bits per heavy atom. The fourth-order valence-electron chi connectivity index (χ4n) is 2.08. The summed E-state index contributed by atoms with van der Waals surface area (Å²) >= 11 is 5.95. The van der Waals surface area contributed by atoms with Crippen LogP contribution in [-0.2, 0) is 6.42 Å². The van der Waals surface area contributed by atoms with Crippen LogP contribution in [-0.4, -0.2) is 22.6 Å². The maximum absolute atomic E-state index is 12.0. The second-order valence-corrected chi connectivity index (χ2v) is 5.33. The van der Waals surface area contributed by atoms with Gasteiger partial charge in [-0.15, -0.1) is 0 Å². The Labute approximate surface area is 123 Å². The van der Waals surface area contributed by atoms with Crippen molar-refractivity contribution in [3.05, 3.63) is 51.8 Å². The molecule has 0 bridgehead atoms. The summed E-state index contributed by atoms with van der Waals surface area (Å²) in [5.74, 6) is -0.0838. The molecule has 0 saturated heterocycles. The van der Waals surface area contributed by atoms with Crippen LogP contribution >= 0.6 is 11.6 Å². The van der Waals surface area contributed by atoms with Gasteiger partial charge in [-0.05, 0) is 56.0 Å². The van der Waals surface area contributed by atoms with E-state index in [2.05, 4.69) is 15.5 Å². The maximum Gasteiger partial charge on any atom is 0.251 e. The molecule has 5 heteroatoms. The molecule has 2 rings (SSSR count). The Bertz CT molecular complexity index is 587. The van der Waals surface area contributed by atoms with Crippen LogP contribution in [0, 0.1) is 13.8 Å². The molecule has 20 heavy (non-hydrogen) atoms. The first-order valence-electron chi connectivity index (χ1n) is 6.60. The normalized spacial score (nSPS) is 10.6. The average molecular weight is 292 g/mol.